The van der Waals surface area contributed by atoms with E-state index in [2.05, 4.69) is 29.4 Å². The van der Waals surface area contributed by atoms with Crippen LogP contribution in [0.2, 0.25) is 0 Å². The van der Waals surface area contributed by atoms with Crippen molar-refractivity contribution in [3.63, 3.8) is 0 Å². The molecule has 0 aliphatic carbocycles. The third kappa shape index (κ3) is 6.39. The standard InChI is InChI=1S/C22H26N10O12P2/c23-3-9-4-31(17-14(9)16(24)26-7-27-17)20-12(33)1-10(42-20)6-41-46(38,39)44-13-2-11(5-40-45(35,36)37)43-21(13)32-8-28-15-18(32)29-22(25)30-19(15)34/h4,7-8,10-13,20-21,33H,1-2,5-6H2,(H,38,39)(H2,24,26,27)(H2,35,36,37)(H3,25,29,30,34)/t10-,11-,12+,13?,20+,21+/m0/s1. The number of nitriles is 1. The Labute approximate surface area is 256 Å². The molecular weight excluding hydrogens is 658 g/mol. The molecule has 6 heterocycles. The molecule has 24 heteroatoms. The molecule has 22 nitrogen and oxygen atoms in total. The molecule has 0 aromatic carbocycles. The summed E-state index contributed by atoms with van der Waals surface area (Å²) in [6.45, 7) is -1.14. The molecule has 0 spiro atoms. The fourth-order valence-electron chi connectivity index (χ4n) is 5.33. The molecule has 2 unspecified atom stereocenters. The van der Waals surface area contributed by atoms with E-state index in [1.165, 1.54) is 21.7 Å². The summed E-state index contributed by atoms with van der Waals surface area (Å²) in [6.07, 6.45) is -3.28. The highest BCUT2D eigenvalue weighted by Crippen LogP contribution is 2.50. The first-order valence-corrected chi connectivity index (χ1v) is 16.3. The molecule has 2 saturated heterocycles. The van der Waals surface area contributed by atoms with Gasteiger partial charge in [-0.15, -0.1) is 0 Å². The van der Waals surface area contributed by atoms with Gasteiger partial charge in [0.1, 0.15) is 36.1 Å². The van der Waals surface area contributed by atoms with E-state index in [0.717, 1.165) is 6.33 Å². The minimum atomic E-state index is -4.92. The molecule has 0 amide bonds. The Morgan fingerprint density at radius 1 is 1.04 bits per heavy atom. The predicted molar refractivity (Wildman–Crippen MR) is 151 cm³/mol. The van der Waals surface area contributed by atoms with Crippen molar-refractivity contribution in [2.75, 3.05) is 24.7 Å². The lowest BCUT2D eigenvalue weighted by atomic mass is 10.2. The number of aliphatic hydroxyl groups is 1. The van der Waals surface area contributed by atoms with Gasteiger partial charge in [-0.1, -0.05) is 0 Å². The number of nitrogens with two attached hydrogens (primary N) is 2. The molecule has 46 heavy (non-hydrogen) atoms. The van der Waals surface area contributed by atoms with Crippen molar-refractivity contribution in [2.45, 2.75) is 49.7 Å². The normalized spacial score (nSPS) is 26.5. The van der Waals surface area contributed by atoms with Crippen LogP contribution in [0.1, 0.15) is 30.9 Å². The first-order chi connectivity index (χ1) is 21.7. The van der Waals surface area contributed by atoms with Crippen molar-refractivity contribution in [3.05, 3.63) is 34.8 Å². The molecule has 4 aromatic rings. The summed E-state index contributed by atoms with van der Waals surface area (Å²) in [5, 5.41) is 20.5. The molecule has 0 radical (unpaired) electrons. The van der Waals surface area contributed by atoms with Gasteiger partial charge in [0.2, 0.25) is 5.95 Å². The summed E-state index contributed by atoms with van der Waals surface area (Å²) >= 11 is 0. The number of aromatic amines is 1. The number of fused-ring (bicyclic) bond motifs is 2. The highest BCUT2D eigenvalue weighted by atomic mass is 31.2. The number of aromatic nitrogens is 7. The van der Waals surface area contributed by atoms with E-state index in [1.54, 1.807) is 0 Å². The van der Waals surface area contributed by atoms with Crippen LogP contribution in [0.15, 0.2) is 23.6 Å². The van der Waals surface area contributed by atoms with Crippen LogP contribution in [0.3, 0.4) is 0 Å². The van der Waals surface area contributed by atoms with Crippen molar-refractivity contribution >= 4 is 49.6 Å². The number of phosphoric ester groups is 2. The SMILES string of the molecule is N#Cc1cn([C@@H]2O[C@H](COP(=O)(O)OC3C[C@@H](COP(=O)(O)O)O[C@H]3n3cnc4c(=O)[nH]c(N)nc43)C[C@H]2O)c2ncnc(N)c12. The molecule has 0 saturated carbocycles. The number of ether oxygens (including phenoxy) is 2. The zero-order valence-corrected chi connectivity index (χ0v) is 25.0. The number of H-pyrrole nitrogens is 1. The highest BCUT2D eigenvalue weighted by Gasteiger charge is 2.44. The Kier molecular flexibility index (Phi) is 8.43. The van der Waals surface area contributed by atoms with Crippen molar-refractivity contribution in [2.24, 2.45) is 0 Å². The molecule has 2 fully saturated rings. The molecule has 246 valence electrons. The summed E-state index contributed by atoms with van der Waals surface area (Å²) in [4.78, 5) is 59.4. The number of imidazole rings is 1. The van der Waals surface area contributed by atoms with Crippen LogP contribution in [0.4, 0.5) is 11.8 Å². The van der Waals surface area contributed by atoms with E-state index in [1.807, 2.05) is 6.07 Å². The summed E-state index contributed by atoms with van der Waals surface area (Å²) in [5.41, 5.74) is 11.1. The van der Waals surface area contributed by atoms with E-state index in [9.17, 15) is 29.2 Å². The van der Waals surface area contributed by atoms with Gasteiger partial charge in [0.15, 0.2) is 23.6 Å². The van der Waals surface area contributed by atoms with Crippen molar-refractivity contribution in [3.8, 4) is 6.07 Å². The van der Waals surface area contributed by atoms with Crippen molar-refractivity contribution < 1.29 is 52.0 Å². The van der Waals surface area contributed by atoms with E-state index in [0.29, 0.717) is 0 Å². The predicted octanol–water partition coefficient (Wildman–Crippen LogP) is -0.852. The second kappa shape index (κ2) is 12.1. The van der Waals surface area contributed by atoms with Gasteiger partial charge >= 0.3 is 15.6 Å². The van der Waals surface area contributed by atoms with Crippen LogP contribution < -0.4 is 17.0 Å². The summed E-state index contributed by atoms with van der Waals surface area (Å²) in [5.74, 6) is -0.192. The van der Waals surface area contributed by atoms with Gasteiger partial charge < -0.3 is 45.3 Å². The quantitative estimate of drug-likeness (QED) is 0.1000. The number of nitrogen functional groups attached to an aromatic ring is 2. The van der Waals surface area contributed by atoms with Crippen LogP contribution in [0.25, 0.3) is 22.2 Å². The largest absolute Gasteiger partial charge is 0.472 e. The monoisotopic (exact) mass is 684 g/mol. The molecule has 7 atom stereocenters. The summed E-state index contributed by atoms with van der Waals surface area (Å²) in [7, 11) is -9.81. The fraction of sp³-hybridized carbons (Fsp3) is 0.455. The minimum Gasteiger partial charge on any atom is -0.388 e. The number of nitrogens with one attached hydrogen (secondary N) is 1. The molecule has 2 aliphatic heterocycles. The Morgan fingerprint density at radius 2 is 1.76 bits per heavy atom. The lowest BCUT2D eigenvalue weighted by molar-refractivity contribution is -0.0586. The smallest absolute Gasteiger partial charge is 0.388 e. The van der Waals surface area contributed by atoms with Crippen molar-refractivity contribution in [1.29, 1.82) is 5.26 Å². The number of nitrogens with zero attached hydrogens (tertiary/aromatic N) is 7. The van der Waals surface area contributed by atoms with Crippen LogP contribution in [-0.4, -0.2) is 91.5 Å². The van der Waals surface area contributed by atoms with Crippen LogP contribution in [-0.2, 0) is 32.2 Å². The van der Waals surface area contributed by atoms with Crippen LogP contribution >= 0.6 is 15.6 Å². The van der Waals surface area contributed by atoms with Crippen molar-refractivity contribution in [1.82, 2.24) is 34.1 Å². The zero-order chi connectivity index (χ0) is 33.0. The number of phosphoric acid groups is 2. The first kappa shape index (κ1) is 32.1. The van der Waals surface area contributed by atoms with E-state index >= 15 is 0 Å². The molecular formula is C22H26N10O12P2. The topological polar surface area (TPSA) is 331 Å². The maximum atomic E-state index is 13.1. The van der Waals surface area contributed by atoms with Gasteiger partial charge in [0, 0.05) is 19.0 Å². The zero-order valence-electron chi connectivity index (χ0n) is 23.3. The fourth-order valence-corrected chi connectivity index (χ4v) is 6.63. The average Bonchev–Trinajstić information content (AvgIpc) is 3.74. The number of anilines is 2. The van der Waals surface area contributed by atoms with E-state index < -0.39 is 71.3 Å². The van der Waals surface area contributed by atoms with Gasteiger partial charge in [-0.05, 0) is 0 Å². The lowest BCUT2D eigenvalue weighted by Gasteiger charge is -2.23. The highest BCUT2D eigenvalue weighted by molar-refractivity contribution is 7.47. The minimum absolute atomic E-state index is 0.0353. The number of aliphatic hydroxyl groups excluding tert-OH is 1. The number of hydrogen-bond acceptors (Lipinski definition) is 16. The van der Waals surface area contributed by atoms with Gasteiger partial charge in [0.25, 0.3) is 5.56 Å². The number of rotatable bonds is 10. The summed E-state index contributed by atoms with van der Waals surface area (Å²) < 4.78 is 53.8. The van der Waals surface area contributed by atoms with Gasteiger partial charge in [-0.25, -0.2) is 24.1 Å². The van der Waals surface area contributed by atoms with Gasteiger partial charge in [0.05, 0.1) is 42.7 Å². The third-order valence-corrected chi connectivity index (χ3v) is 8.69. The molecule has 6 rings (SSSR count). The first-order valence-electron chi connectivity index (χ1n) is 13.3. The molecule has 2 aliphatic rings. The Morgan fingerprint density at radius 3 is 2.50 bits per heavy atom. The maximum absolute atomic E-state index is 13.1. The summed E-state index contributed by atoms with van der Waals surface area (Å²) in [6, 6.07) is 1.99. The third-order valence-electron chi connectivity index (χ3n) is 7.19. The van der Waals surface area contributed by atoms with E-state index in [4.69, 9.17) is 39.8 Å². The average molecular weight is 684 g/mol. The van der Waals surface area contributed by atoms with Gasteiger partial charge in [-0.3, -0.25) is 27.9 Å². The van der Waals surface area contributed by atoms with Crippen LogP contribution in [0.5, 0.6) is 0 Å². The maximum Gasteiger partial charge on any atom is 0.472 e. The molecule has 4 aromatic heterocycles. The molecule has 9 N–H and O–H groups in total. The molecule has 0 bridgehead atoms. The lowest BCUT2D eigenvalue weighted by Crippen LogP contribution is -2.24. The second-order valence-electron chi connectivity index (χ2n) is 10.3. The Hall–Kier alpha value is -3.84. The Balaban J connectivity index is 1.17. The van der Waals surface area contributed by atoms with Gasteiger partial charge in [-0.2, -0.15) is 10.2 Å². The Bertz CT molecular complexity index is 1990. The number of hydrogen-bond donors (Lipinski definition) is 7. The second-order valence-corrected chi connectivity index (χ2v) is 13.0. The van der Waals surface area contributed by atoms with Crippen LogP contribution in [0, 0.1) is 11.3 Å². The van der Waals surface area contributed by atoms with E-state index in [-0.39, 0.29) is 52.4 Å².